The maximum Gasteiger partial charge on any atom is 0.433 e. The summed E-state index contributed by atoms with van der Waals surface area (Å²) in [6, 6.07) is 0. The largest absolute Gasteiger partial charge is 0.433 e. The molecule has 0 saturated carbocycles. The fourth-order valence-electron chi connectivity index (χ4n) is 3.88. The Bertz CT molecular complexity index is 1450. The summed E-state index contributed by atoms with van der Waals surface area (Å²) in [5.41, 5.74) is -0.846. The number of aliphatic imine (C=N–C) groups is 1. The summed E-state index contributed by atoms with van der Waals surface area (Å²) in [6.07, 6.45) is 2.23. The molecule has 4 heterocycles. The van der Waals surface area contributed by atoms with Crippen LogP contribution in [0.25, 0.3) is 11.2 Å². The molecule has 3 aromatic rings. The van der Waals surface area contributed by atoms with Crippen molar-refractivity contribution in [3.63, 3.8) is 0 Å². The highest BCUT2D eigenvalue weighted by atomic mass is 19.4. The molecule has 0 amide bonds. The second-order valence-corrected chi connectivity index (χ2v) is 8.47. The number of rotatable bonds is 9. The average Bonchev–Trinajstić information content (AvgIpc) is 3.46. The van der Waals surface area contributed by atoms with Crippen molar-refractivity contribution in [3.8, 4) is 0 Å². The number of fused-ring (bicyclic) bond motifs is 1. The minimum absolute atomic E-state index is 0.154. The third kappa shape index (κ3) is 5.55. The number of unbranched alkanes of at least 4 members (excludes halogenated alkanes) is 1. The summed E-state index contributed by atoms with van der Waals surface area (Å²) in [7, 11) is 0. The number of halogens is 3. The minimum Gasteiger partial charge on any atom is -0.339 e. The molecule has 0 aromatic carbocycles. The van der Waals surface area contributed by atoms with E-state index < -0.39 is 23.1 Å². The molecule has 13 heteroatoms. The van der Waals surface area contributed by atoms with Crippen LogP contribution in [0.5, 0.6) is 0 Å². The zero-order valence-corrected chi connectivity index (χ0v) is 19.9. The number of aromatic nitrogens is 6. The van der Waals surface area contributed by atoms with E-state index in [-0.39, 0.29) is 25.1 Å². The van der Waals surface area contributed by atoms with Crippen molar-refractivity contribution in [2.45, 2.75) is 71.6 Å². The van der Waals surface area contributed by atoms with Gasteiger partial charge in [0, 0.05) is 38.0 Å². The standard InChI is InChI=1S/C23H26F3N7O3/c1-3-4-12-32-20-19(27-14(2)28-20)21(34)33(22(32)35)13-6-9-18-30-17(31-36-18)11-10-15-7-5-8-16(29-15)23(24,25)26/h5,8,10H,3-4,6-7,9,11-13H2,1-2H3,(H,27,28)/b15-10-. The highest BCUT2D eigenvalue weighted by Crippen LogP contribution is 2.23. The van der Waals surface area contributed by atoms with Crippen molar-refractivity contribution in [3.05, 3.63) is 62.3 Å². The van der Waals surface area contributed by atoms with Gasteiger partial charge in [-0.25, -0.2) is 14.8 Å². The van der Waals surface area contributed by atoms with Crippen LogP contribution < -0.4 is 11.2 Å². The van der Waals surface area contributed by atoms with E-state index in [0.29, 0.717) is 48.1 Å². The van der Waals surface area contributed by atoms with Gasteiger partial charge in [0.05, 0.1) is 0 Å². The van der Waals surface area contributed by atoms with Gasteiger partial charge in [-0.15, -0.1) is 0 Å². The van der Waals surface area contributed by atoms with E-state index >= 15 is 0 Å². The Morgan fingerprint density at radius 1 is 1.17 bits per heavy atom. The fraction of sp³-hybridized carbons (Fsp3) is 0.478. The van der Waals surface area contributed by atoms with E-state index in [4.69, 9.17) is 4.52 Å². The average molecular weight is 506 g/mol. The Morgan fingerprint density at radius 3 is 2.69 bits per heavy atom. The van der Waals surface area contributed by atoms with Gasteiger partial charge < -0.3 is 9.51 Å². The summed E-state index contributed by atoms with van der Waals surface area (Å²) in [5.74, 6) is 1.18. The molecule has 0 aliphatic carbocycles. The van der Waals surface area contributed by atoms with Crippen LogP contribution in [0.3, 0.4) is 0 Å². The lowest BCUT2D eigenvalue weighted by molar-refractivity contribution is -0.0578. The molecule has 0 atom stereocenters. The first kappa shape index (κ1) is 25.3. The quantitative estimate of drug-likeness (QED) is 0.475. The van der Waals surface area contributed by atoms with Gasteiger partial charge in [0.1, 0.15) is 17.1 Å². The summed E-state index contributed by atoms with van der Waals surface area (Å²) < 4.78 is 46.4. The van der Waals surface area contributed by atoms with Crippen molar-refractivity contribution in [1.82, 2.24) is 29.2 Å². The molecule has 0 bridgehead atoms. The Morgan fingerprint density at radius 2 is 1.94 bits per heavy atom. The van der Waals surface area contributed by atoms with E-state index in [0.717, 1.165) is 18.9 Å². The van der Waals surface area contributed by atoms with Crippen LogP contribution in [0.4, 0.5) is 13.2 Å². The fourth-order valence-corrected chi connectivity index (χ4v) is 3.88. The van der Waals surface area contributed by atoms with E-state index in [1.54, 1.807) is 6.92 Å². The molecule has 0 saturated heterocycles. The SMILES string of the molecule is CCCCn1c(=O)n(CCCc2nc(C/C=C3/CC=CC(C(F)(F)F)=N3)no2)c(=O)c2[nH]c(C)nc21. The molecular weight excluding hydrogens is 479 g/mol. The van der Waals surface area contributed by atoms with Gasteiger partial charge in [-0.2, -0.15) is 18.2 Å². The van der Waals surface area contributed by atoms with E-state index in [2.05, 4.69) is 25.1 Å². The molecule has 4 rings (SSSR count). The number of aromatic amines is 1. The van der Waals surface area contributed by atoms with E-state index in [1.165, 1.54) is 21.3 Å². The molecular formula is C23H26F3N7O3. The Balaban J connectivity index is 1.42. The highest BCUT2D eigenvalue weighted by Gasteiger charge is 2.34. The predicted molar refractivity (Wildman–Crippen MR) is 126 cm³/mol. The van der Waals surface area contributed by atoms with Crippen LogP contribution in [-0.4, -0.2) is 41.1 Å². The number of aryl methyl sites for hydroxylation is 3. The molecule has 192 valence electrons. The molecule has 36 heavy (non-hydrogen) atoms. The van der Waals surface area contributed by atoms with Crippen molar-refractivity contribution in [1.29, 1.82) is 0 Å². The van der Waals surface area contributed by atoms with Crippen molar-refractivity contribution in [2.75, 3.05) is 0 Å². The van der Waals surface area contributed by atoms with Gasteiger partial charge in [-0.05, 0) is 25.8 Å². The normalized spacial score (nSPS) is 15.2. The van der Waals surface area contributed by atoms with Gasteiger partial charge in [0.15, 0.2) is 11.5 Å². The molecule has 3 aromatic heterocycles. The number of alkyl halides is 3. The second kappa shape index (κ2) is 10.5. The number of dihydropyridines is 1. The topological polar surface area (TPSA) is 124 Å². The summed E-state index contributed by atoms with van der Waals surface area (Å²) in [5, 5.41) is 3.85. The highest BCUT2D eigenvalue weighted by molar-refractivity contribution is 6.00. The maximum absolute atomic E-state index is 13.0. The lowest BCUT2D eigenvalue weighted by atomic mass is 10.1. The maximum atomic E-state index is 13.0. The second-order valence-electron chi connectivity index (χ2n) is 8.47. The number of nitrogens with one attached hydrogen (secondary N) is 1. The first-order chi connectivity index (χ1) is 17.2. The molecule has 0 radical (unpaired) electrons. The van der Waals surface area contributed by atoms with Crippen LogP contribution in [-0.2, 0) is 25.9 Å². The Hall–Kier alpha value is -3.77. The number of nitrogens with zero attached hydrogens (tertiary/aromatic N) is 6. The first-order valence-corrected chi connectivity index (χ1v) is 11.7. The molecule has 1 aliphatic rings. The van der Waals surface area contributed by atoms with Gasteiger partial charge in [-0.3, -0.25) is 13.9 Å². The monoisotopic (exact) mass is 505 g/mol. The molecule has 0 unspecified atom stereocenters. The zero-order valence-electron chi connectivity index (χ0n) is 19.9. The zero-order chi connectivity index (χ0) is 25.9. The molecule has 1 N–H and O–H groups in total. The van der Waals surface area contributed by atoms with Crippen LogP contribution in [0.2, 0.25) is 0 Å². The lowest BCUT2D eigenvalue weighted by Crippen LogP contribution is -2.40. The smallest absolute Gasteiger partial charge is 0.339 e. The Labute approximate surface area is 203 Å². The predicted octanol–water partition coefficient (Wildman–Crippen LogP) is 3.40. The molecule has 1 aliphatic heterocycles. The van der Waals surface area contributed by atoms with Gasteiger partial charge in [0.2, 0.25) is 5.89 Å². The van der Waals surface area contributed by atoms with Crippen molar-refractivity contribution >= 4 is 16.9 Å². The molecule has 10 nitrogen and oxygen atoms in total. The number of hydrogen-bond acceptors (Lipinski definition) is 7. The van der Waals surface area contributed by atoms with E-state index in [9.17, 15) is 22.8 Å². The van der Waals surface area contributed by atoms with E-state index in [1.807, 2.05) is 6.92 Å². The molecule has 0 fully saturated rings. The van der Waals surface area contributed by atoms with Crippen LogP contribution in [0, 0.1) is 6.92 Å². The lowest BCUT2D eigenvalue weighted by Gasteiger charge is -2.11. The first-order valence-electron chi connectivity index (χ1n) is 11.7. The minimum atomic E-state index is -4.50. The van der Waals surface area contributed by atoms with Crippen LogP contribution >= 0.6 is 0 Å². The number of imidazole rings is 1. The van der Waals surface area contributed by atoms with Gasteiger partial charge in [-0.1, -0.05) is 30.7 Å². The summed E-state index contributed by atoms with van der Waals surface area (Å²) in [6.45, 7) is 4.36. The third-order valence-electron chi connectivity index (χ3n) is 5.67. The number of allylic oxidation sites excluding steroid dienone is 3. The van der Waals surface area contributed by atoms with Crippen molar-refractivity contribution < 1.29 is 17.7 Å². The number of hydrogen-bond donors (Lipinski definition) is 1. The number of H-pyrrole nitrogens is 1. The summed E-state index contributed by atoms with van der Waals surface area (Å²) >= 11 is 0. The van der Waals surface area contributed by atoms with Crippen molar-refractivity contribution in [2.24, 2.45) is 4.99 Å². The summed E-state index contributed by atoms with van der Waals surface area (Å²) in [4.78, 5) is 41.1. The molecule has 0 spiro atoms. The van der Waals surface area contributed by atoms with Gasteiger partial charge >= 0.3 is 11.9 Å². The van der Waals surface area contributed by atoms with Crippen LogP contribution in [0.15, 0.2) is 43.0 Å². The third-order valence-corrected chi connectivity index (χ3v) is 5.67. The van der Waals surface area contributed by atoms with Gasteiger partial charge in [0.25, 0.3) is 5.56 Å². The van der Waals surface area contributed by atoms with Crippen LogP contribution in [0.1, 0.15) is 50.1 Å². The Kier molecular flexibility index (Phi) is 7.36.